The van der Waals surface area contributed by atoms with E-state index in [-0.39, 0.29) is 0 Å². The van der Waals surface area contributed by atoms with Gasteiger partial charge in [0, 0.05) is 15.6 Å². The number of nitrogens with two attached hydrogens (primary N) is 1. The van der Waals surface area contributed by atoms with Gasteiger partial charge in [0.1, 0.15) is 0 Å². The van der Waals surface area contributed by atoms with E-state index in [1.54, 1.807) is 36.4 Å². The Morgan fingerprint density at radius 1 is 1.00 bits per heavy atom. The van der Waals surface area contributed by atoms with Gasteiger partial charge in [0.15, 0.2) is 5.82 Å². The number of nitrogen functional groups attached to an aromatic ring is 1. The molecule has 0 aliphatic rings. The number of aromatic nitrogens is 4. The highest BCUT2D eigenvalue weighted by Gasteiger charge is 2.15. The Labute approximate surface area is 135 Å². The second kappa shape index (κ2) is 5.52. The van der Waals surface area contributed by atoms with E-state index in [0.29, 0.717) is 37.8 Å². The van der Waals surface area contributed by atoms with Crippen LogP contribution >= 0.6 is 34.8 Å². The molecule has 0 saturated carbocycles. The first kappa shape index (κ1) is 14.1. The Morgan fingerprint density at radius 3 is 2.43 bits per heavy atom. The van der Waals surface area contributed by atoms with E-state index in [4.69, 9.17) is 40.5 Å². The van der Waals surface area contributed by atoms with E-state index in [2.05, 4.69) is 15.5 Å². The van der Waals surface area contributed by atoms with Crippen molar-refractivity contribution < 1.29 is 0 Å². The van der Waals surface area contributed by atoms with Gasteiger partial charge in [-0.1, -0.05) is 40.9 Å². The van der Waals surface area contributed by atoms with E-state index >= 15 is 0 Å². The molecule has 2 N–H and O–H groups in total. The molecule has 0 saturated heterocycles. The van der Waals surface area contributed by atoms with Gasteiger partial charge in [0.2, 0.25) is 0 Å². The molecule has 106 valence electrons. The van der Waals surface area contributed by atoms with Crippen molar-refractivity contribution >= 4 is 40.5 Å². The van der Waals surface area contributed by atoms with Crippen molar-refractivity contribution in [2.24, 2.45) is 0 Å². The van der Waals surface area contributed by atoms with Crippen LogP contribution in [-0.4, -0.2) is 20.2 Å². The predicted molar refractivity (Wildman–Crippen MR) is 84.0 cm³/mol. The molecular weight excluding hydrogens is 333 g/mol. The van der Waals surface area contributed by atoms with Gasteiger partial charge in [-0.05, 0) is 40.8 Å². The molecule has 21 heavy (non-hydrogen) atoms. The van der Waals surface area contributed by atoms with Crippen molar-refractivity contribution in [1.29, 1.82) is 0 Å². The second-order valence-electron chi connectivity index (χ2n) is 4.24. The first-order valence-corrected chi connectivity index (χ1v) is 6.99. The van der Waals surface area contributed by atoms with Crippen LogP contribution in [0.2, 0.25) is 15.1 Å². The zero-order valence-electron chi connectivity index (χ0n) is 10.5. The Balaban J connectivity index is 2.19. The molecule has 0 amide bonds. The fraction of sp³-hybridized carbons (Fsp3) is 0. The number of anilines is 1. The van der Waals surface area contributed by atoms with Crippen molar-refractivity contribution in [2.45, 2.75) is 0 Å². The van der Waals surface area contributed by atoms with E-state index < -0.39 is 0 Å². The molecule has 0 aliphatic carbocycles. The molecule has 8 heteroatoms. The Hall–Kier alpha value is -1.82. The highest BCUT2D eigenvalue weighted by Crippen LogP contribution is 2.31. The molecule has 0 radical (unpaired) electrons. The zero-order chi connectivity index (χ0) is 15.0. The molecule has 0 atom stereocenters. The number of halogens is 3. The Bertz CT molecular complexity index is 795. The lowest BCUT2D eigenvalue weighted by atomic mass is 10.1. The van der Waals surface area contributed by atoms with Crippen molar-refractivity contribution in [3.63, 3.8) is 0 Å². The number of tetrazole rings is 1. The average molecular weight is 341 g/mol. The molecule has 3 rings (SSSR count). The van der Waals surface area contributed by atoms with Crippen molar-refractivity contribution in [2.75, 3.05) is 5.73 Å². The maximum absolute atomic E-state index is 6.03. The first-order chi connectivity index (χ1) is 10.1. The monoisotopic (exact) mass is 339 g/mol. The maximum atomic E-state index is 6.03. The summed E-state index contributed by atoms with van der Waals surface area (Å²) in [6.07, 6.45) is 0. The minimum atomic E-state index is 0.406. The molecule has 1 heterocycles. The highest BCUT2D eigenvalue weighted by atomic mass is 35.5. The number of hydrogen-bond acceptors (Lipinski definition) is 4. The van der Waals surface area contributed by atoms with Gasteiger partial charge in [0.25, 0.3) is 0 Å². The van der Waals surface area contributed by atoms with Crippen LogP contribution in [0.3, 0.4) is 0 Å². The average Bonchev–Trinajstić information content (AvgIpc) is 2.90. The lowest BCUT2D eigenvalue weighted by Crippen LogP contribution is -2.02. The minimum absolute atomic E-state index is 0.406. The Kier molecular flexibility index (Phi) is 3.71. The summed E-state index contributed by atoms with van der Waals surface area (Å²) >= 11 is 18.1. The largest absolute Gasteiger partial charge is 0.397 e. The minimum Gasteiger partial charge on any atom is -0.397 e. The standard InChI is InChI=1S/C13H8Cl3N5/c14-7-4-8(15)6-9(5-7)21-13(18-19-20-21)10-2-1-3-11(16)12(10)17/h1-6H,17H2. The number of benzene rings is 2. The van der Waals surface area contributed by atoms with Crippen LogP contribution in [0.5, 0.6) is 0 Å². The van der Waals surface area contributed by atoms with E-state index in [0.717, 1.165) is 0 Å². The summed E-state index contributed by atoms with van der Waals surface area (Å²) in [5, 5.41) is 13.0. The van der Waals surface area contributed by atoms with Crippen molar-refractivity contribution in [3.8, 4) is 17.1 Å². The summed E-state index contributed by atoms with van der Waals surface area (Å²) in [5.74, 6) is 0.452. The molecule has 0 aliphatic heterocycles. The van der Waals surface area contributed by atoms with Gasteiger partial charge in [-0.15, -0.1) is 5.10 Å². The summed E-state index contributed by atoms with van der Waals surface area (Å²) in [4.78, 5) is 0. The van der Waals surface area contributed by atoms with E-state index in [1.165, 1.54) is 4.68 Å². The summed E-state index contributed by atoms with van der Waals surface area (Å²) < 4.78 is 1.50. The highest BCUT2D eigenvalue weighted by molar-refractivity contribution is 6.35. The molecule has 0 bridgehead atoms. The molecule has 3 aromatic rings. The summed E-state index contributed by atoms with van der Waals surface area (Å²) in [6, 6.07) is 10.3. The molecule has 1 aromatic heterocycles. The van der Waals surface area contributed by atoms with Gasteiger partial charge >= 0.3 is 0 Å². The molecule has 0 spiro atoms. The number of nitrogens with zero attached hydrogens (tertiary/aromatic N) is 4. The van der Waals surface area contributed by atoms with E-state index in [9.17, 15) is 0 Å². The first-order valence-electron chi connectivity index (χ1n) is 5.85. The Morgan fingerprint density at radius 2 is 1.71 bits per heavy atom. The van der Waals surface area contributed by atoms with Crippen LogP contribution in [-0.2, 0) is 0 Å². The number of para-hydroxylation sites is 1. The smallest absolute Gasteiger partial charge is 0.189 e. The number of rotatable bonds is 2. The molecule has 5 nitrogen and oxygen atoms in total. The fourth-order valence-electron chi connectivity index (χ4n) is 1.92. The van der Waals surface area contributed by atoms with Crippen LogP contribution in [0.4, 0.5) is 5.69 Å². The zero-order valence-corrected chi connectivity index (χ0v) is 12.7. The van der Waals surface area contributed by atoms with Crippen LogP contribution < -0.4 is 5.73 Å². The van der Waals surface area contributed by atoms with Gasteiger partial charge in [-0.2, -0.15) is 4.68 Å². The summed E-state index contributed by atoms with van der Waals surface area (Å²) in [7, 11) is 0. The van der Waals surface area contributed by atoms with Crippen LogP contribution in [0, 0.1) is 0 Å². The predicted octanol–water partition coefficient (Wildman–Crippen LogP) is 3.87. The SMILES string of the molecule is Nc1c(Cl)cccc1-c1nnnn1-c1cc(Cl)cc(Cl)c1. The van der Waals surface area contributed by atoms with Crippen LogP contribution in [0.1, 0.15) is 0 Å². The summed E-state index contributed by atoms with van der Waals surface area (Å²) in [5.41, 5.74) is 7.65. The maximum Gasteiger partial charge on any atom is 0.189 e. The number of hydrogen-bond donors (Lipinski definition) is 1. The molecule has 0 unspecified atom stereocenters. The third-order valence-electron chi connectivity index (χ3n) is 2.86. The quantitative estimate of drug-likeness (QED) is 0.719. The van der Waals surface area contributed by atoms with E-state index in [1.807, 2.05) is 0 Å². The lowest BCUT2D eigenvalue weighted by molar-refractivity contribution is 0.791. The van der Waals surface area contributed by atoms with Crippen molar-refractivity contribution in [1.82, 2.24) is 20.2 Å². The van der Waals surface area contributed by atoms with Crippen LogP contribution in [0.15, 0.2) is 36.4 Å². The normalized spacial score (nSPS) is 10.8. The van der Waals surface area contributed by atoms with Crippen molar-refractivity contribution in [3.05, 3.63) is 51.5 Å². The molecule has 2 aromatic carbocycles. The third-order valence-corrected chi connectivity index (χ3v) is 3.62. The van der Waals surface area contributed by atoms with Gasteiger partial charge in [-0.25, -0.2) is 0 Å². The van der Waals surface area contributed by atoms with Gasteiger partial charge < -0.3 is 5.73 Å². The van der Waals surface area contributed by atoms with Crippen LogP contribution in [0.25, 0.3) is 17.1 Å². The summed E-state index contributed by atoms with van der Waals surface area (Å²) in [6.45, 7) is 0. The molecular formula is C13H8Cl3N5. The second-order valence-corrected chi connectivity index (χ2v) is 5.52. The third kappa shape index (κ3) is 2.68. The molecule has 0 fully saturated rings. The van der Waals surface area contributed by atoms with Gasteiger partial charge in [0.05, 0.1) is 16.4 Å². The fourth-order valence-corrected chi connectivity index (χ4v) is 2.61. The van der Waals surface area contributed by atoms with Gasteiger partial charge in [-0.3, -0.25) is 0 Å². The lowest BCUT2D eigenvalue weighted by Gasteiger charge is -2.08. The topological polar surface area (TPSA) is 69.6 Å².